The number of hydrogen-bond acceptors (Lipinski definition) is 4. The van der Waals surface area contributed by atoms with Crippen LogP contribution in [-0.2, 0) is 6.54 Å². The standard InChI is InChI=1S/C6H6N4S/c1-2-10(9-8-1)3-6-4-11-5-7-6/h1-2,4-5H,3H2. The van der Waals surface area contributed by atoms with E-state index >= 15 is 0 Å². The summed E-state index contributed by atoms with van der Waals surface area (Å²) >= 11 is 1.59. The first kappa shape index (κ1) is 6.48. The molecule has 0 N–H and O–H groups in total. The summed E-state index contributed by atoms with van der Waals surface area (Å²) in [6.07, 6.45) is 3.48. The number of aromatic nitrogens is 4. The van der Waals surface area contributed by atoms with E-state index in [2.05, 4.69) is 15.3 Å². The Hall–Kier alpha value is -1.23. The van der Waals surface area contributed by atoms with Crippen LogP contribution in [0.25, 0.3) is 0 Å². The van der Waals surface area contributed by atoms with Gasteiger partial charge in [0, 0.05) is 11.6 Å². The third kappa shape index (κ3) is 1.43. The fraction of sp³-hybridized carbons (Fsp3) is 0.167. The second kappa shape index (κ2) is 2.79. The number of nitrogens with zero attached hydrogens (tertiary/aromatic N) is 4. The summed E-state index contributed by atoms with van der Waals surface area (Å²) in [7, 11) is 0. The highest BCUT2D eigenvalue weighted by Crippen LogP contribution is 2.01. The lowest BCUT2D eigenvalue weighted by atomic mass is 10.5. The van der Waals surface area contributed by atoms with Crippen LogP contribution in [0.1, 0.15) is 5.69 Å². The molecule has 0 atom stereocenters. The molecule has 0 unspecified atom stereocenters. The van der Waals surface area contributed by atoms with Crippen molar-refractivity contribution in [3.8, 4) is 0 Å². The summed E-state index contributed by atoms with van der Waals surface area (Å²) < 4.78 is 1.75. The van der Waals surface area contributed by atoms with Crippen molar-refractivity contribution in [3.05, 3.63) is 29.0 Å². The molecule has 0 aliphatic carbocycles. The quantitative estimate of drug-likeness (QED) is 0.662. The van der Waals surface area contributed by atoms with Crippen molar-refractivity contribution in [1.29, 1.82) is 0 Å². The average molecular weight is 166 g/mol. The monoisotopic (exact) mass is 166 g/mol. The van der Waals surface area contributed by atoms with Gasteiger partial charge in [0.05, 0.1) is 23.9 Å². The largest absolute Gasteiger partial charge is 0.248 e. The molecule has 0 spiro atoms. The highest BCUT2D eigenvalue weighted by atomic mass is 32.1. The van der Waals surface area contributed by atoms with Crippen LogP contribution in [0.15, 0.2) is 23.3 Å². The third-order valence-electron chi connectivity index (χ3n) is 1.28. The lowest BCUT2D eigenvalue weighted by Crippen LogP contribution is -2.00. The van der Waals surface area contributed by atoms with Crippen molar-refractivity contribution in [3.63, 3.8) is 0 Å². The van der Waals surface area contributed by atoms with Crippen molar-refractivity contribution in [2.75, 3.05) is 0 Å². The maximum Gasteiger partial charge on any atom is 0.0857 e. The van der Waals surface area contributed by atoms with Gasteiger partial charge in [0.25, 0.3) is 0 Å². The second-order valence-electron chi connectivity index (χ2n) is 2.08. The maximum atomic E-state index is 4.12. The van der Waals surface area contributed by atoms with Gasteiger partial charge in [0.2, 0.25) is 0 Å². The van der Waals surface area contributed by atoms with Gasteiger partial charge < -0.3 is 0 Å². The lowest BCUT2D eigenvalue weighted by molar-refractivity contribution is 0.641. The summed E-state index contributed by atoms with van der Waals surface area (Å²) in [6.45, 7) is 0.712. The van der Waals surface area contributed by atoms with Gasteiger partial charge in [-0.2, -0.15) is 0 Å². The number of rotatable bonds is 2. The molecule has 2 heterocycles. The van der Waals surface area contributed by atoms with E-state index in [1.54, 1.807) is 22.2 Å². The SMILES string of the molecule is c1cn(Cc2cscn2)nn1. The highest BCUT2D eigenvalue weighted by Gasteiger charge is 1.95. The van der Waals surface area contributed by atoms with E-state index in [-0.39, 0.29) is 0 Å². The van der Waals surface area contributed by atoms with E-state index in [1.165, 1.54) is 0 Å². The Bertz CT molecular complexity index is 267. The first-order chi connectivity index (χ1) is 5.45. The van der Waals surface area contributed by atoms with Crippen LogP contribution in [0.3, 0.4) is 0 Å². The Morgan fingerprint density at radius 1 is 1.55 bits per heavy atom. The normalized spacial score (nSPS) is 10.2. The Kier molecular flexibility index (Phi) is 1.64. The van der Waals surface area contributed by atoms with Gasteiger partial charge in [-0.1, -0.05) is 5.21 Å². The van der Waals surface area contributed by atoms with E-state index in [9.17, 15) is 0 Å². The summed E-state index contributed by atoms with van der Waals surface area (Å²) in [5.41, 5.74) is 2.84. The van der Waals surface area contributed by atoms with Gasteiger partial charge in [-0.25, -0.2) is 9.67 Å². The van der Waals surface area contributed by atoms with Gasteiger partial charge >= 0.3 is 0 Å². The van der Waals surface area contributed by atoms with Crippen LogP contribution in [0.4, 0.5) is 0 Å². The van der Waals surface area contributed by atoms with Crippen LogP contribution >= 0.6 is 11.3 Å². The second-order valence-corrected chi connectivity index (χ2v) is 2.80. The number of thiazole rings is 1. The van der Waals surface area contributed by atoms with Crippen molar-refractivity contribution in [1.82, 2.24) is 20.0 Å². The van der Waals surface area contributed by atoms with E-state index < -0.39 is 0 Å². The van der Waals surface area contributed by atoms with Crippen molar-refractivity contribution < 1.29 is 0 Å². The Morgan fingerprint density at radius 3 is 3.18 bits per heavy atom. The summed E-state index contributed by atoms with van der Waals surface area (Å²) in [5, 5.41) is 9.52. The van der Waals surface area contributed by atoms with Crippen LogP contribution < -0.4 is 0 Å². The minimum atomic E-state index is 0.712. The molecule has 56 valence electrons. The van der Waals surface area contributed by atoms with Crippen LogP contribution in [-0.4, -0.2) is 20.0 Å². The van der Waals surface area contributed by atoms with E-state index in [0.717, 1.165) is 5.69 Å². The first-order valence-corrected chi connectivity index (χ1v) is 4.10. The Balaban J connectivity index is 2.14. The molecule has 0 saturated carbocycles. The molecule has 0 aromatic carbocycles. The molecule has 2 rings (SSSR count). The molecule has 0 saturated heterocycles. The van der Waals surface area contributed by atoms with Crippen molar-refractivity contribution in [2.45, 2.75) is 6.54 Å². The molecule has 4 nitrogen and oxygen atoms in total. The number of hydrogen-bond donors (Lipinski definition) is 0. The van der Waals surface area contributed by atoms with Crippen molar-refractivity contribution in [2.24, 2.45) is 0 Å². The van der Waals surface area contributed by atoms with Gasteiger partial charge in [0.15, 0.2) is 0 Å². The molecular formula is C6H6N4S. The van der Waals surface area contributed by atoms with Crippen LogP contribution in [0.5, 0.6) is 0 Å². The van der Waals surface area contributed by atoms with E-state index in [4.69, 9.17) is 0 Å². The molecule has 0 aliphatic heterocycles. The van der Waals surface area contributed by atoms with Gasteiger partial charge in [-0.05, 0) is 0 Å². The third-order valence-corrected chi connectivity index (χ3v) is 1.91. The molecule has 0 aliphatic rings. The summed E-state index contributed by atoms with van der Waals surface area (Å²) in [6, 6.07) is 0. The molecule has 0 radical (unpaired) electrons. The molecular weight excluding hydrogens is 160 g/mol. The maximum absolute atomic E-state index is 4.12. The molecule has 0 fully saturated rings. The molecule has 0 amide bonds. The van der Waals surface area contributed by atoms with E-state index in [1.807, 2.05) is 17.1 Å². The van der Waals surface area contributed by atoms with Crippen LogP contribution in [0, 0.1) is 0 Å². The average Bonchev–Trinajstić information content (AvgIpc) is 2.60. The smallest absolute Gasteiger partial charge is 0.0857 e. The zero-order valence-corrected chi connectivity index (χ0v) is 6.53. The molecule has 2 aromatic heterocycles. The fourth-order valence-corrected chi connectivity index (χ4v) is 1.35. The molecule has 11 heavy (non-hydrogen) atoms. The summed E-state index contributed by atoms with van der Waals surface area (Å²) in [5.74, 6) is 0. The zero-order chi connectivity index (χ0) is 7.52. The van der Waals surface area contributed by atoms with Crippen molar-refractivity contribution >= 4 is 11.3 Å². The minimum Gasteiger partial charge on any atom is -0.248 e. The summed E-state index contributed by atoms with van der Waals surface area (Å²) in [4.78, 5) is 4.12. The van der Waals surface area contributed by atoms with Crippen LogP contribution in [0.2, 0.25) is 0 Å². The molecule has 2 aromatic rings. The first-order valence-electron chi connectivity index (χ1n) is 3.16. The Labute approximate surface area is 67.5 Å². The van der Waals surface area contributed by atoms with Gasteiger partial charge in [-0.15, -0.1) is 16.4 Å². The lowest BCUT2D eigenvalue weighted by Gasteiger charge is -1.93. The topological polar surface area (TPSA) is 43.6 Å². The van der Waals surface area contributed by atoms with E-state index in [0.29, 0.717) is 6.54 Å². The van der Waals surface area contributed by atoms with Gasteiger partial charge in [0.1, 0.15) is 0 Å². The predicted octanol–water partition coefficient (Wildman–Crippen LogP) is 0.783. The Morgan fingerprint density at radius 2 is 2.55 bits per heavy atom. The molecule has 0 bridgehead atoms. The minimum absolute atomic E-state index is 0.712. The fourth-order valence-electron chi connectivity index (χ4n) is 0.799. The van der Waals surface area contributed by atoms with Gasteiger partial charge in [-0.3, -0.25) is 0 Å². The molecule has 5 heteroatoms. The predicted molar refractivity (Wildman–Crippen MR) is 41.2 cm³/mol. The zero-order valence-electron chi connectivity index (χ0n) is 5.71. The highest BCUT2D eigenvalue weighted by molar-refractivity contribution is 7.07.